The topological polar surface area (TPSA) is 73.8 Å². The lowest BCUT2D eigenvalue weighted by Gasteiger charge is -2.20. The van der Waals surface area contributed by atoms with E-state index in [1.54, 1.807) is 12.1 Å². The van der Waals surface area contributed by atoms with Gasteiger partial charge in [-0.15, -0.1) is 0 Å². The van der Waals surface area contributed by atoms with Crippen molar-refractivity contribution in [1.82, 2.24) is 5.32 Å². The molecule has 0 bridgehead atoms. The van der Waals surface area contributed by atoms with E-state index in [2.05, 4.69) is 28.5 Å². The van der Waals surface area contributed by atoms with Gasteiger partial charge in [-0.2, -0.15) is 0 Å². The second-order valence-electron chi connectivity index (χ2n) is 7.46. The number of hydrogen-bond acceptors (Lipinski definition) is 5. The lowest BCUT2D eigenvalue weighted by Crippen LogP contribution is -2.40. The Bertz CT molecular complexity index is 819. The van der Waals surface area contributed by atoms with Crippen LogP contribution in [0.15, 0.2) is 42.5 Å². The predicted octanol–water partition coefficient (Wildman–Crippen LogP) is 3.90. The lowest BCUT2D eigenvalue weighted by molar-refractivity contribution is -0.118. The van der Waals surface area contributed by atoms with Crippen molar-refractivity contribution in [2.75, 3.05) is 30.4 Å². The molecule has 29 heavy (non-hydrogen) atoms. The highest BCUT2D eigenvalue weighted by Crippen LogP contribution is 2.26. The van der Waals surface area contributed by atoms with E-state index in [9.17, 15) is 9.90 Å². The molecule has 1 fully saturated rings. The number of nitrogens with zero attached hydrogens (tertiary/aromatic N) is 1. The first-order chi connectivity index (χ1) is 14.1. The largest absolute Gasteiger partial charge is 0.504 e. The zero-order chi connectivity index (χ0) is 20.6. The standard InChI is InChI=1S/C23H31N3O3/c1-3-7-20(24-16-17-10-11-22(29-2)21(27)14-17)23(28)25-18-8-6-9-19(15-18)26-12-4-5-13-26/h6,8-11,14-15,20,24,27H,3-5,7,12-13,16H2,1-2H3,(H,25,28). The van der Waals surface area contributed by atoms with E-state index < -0.39 is 0 Å². The monoisotopic (exact) mass is 397 g/mol. The van der Waals surface area contributed by atoms with Crippen molar-refractivity contribution in [3.63, 3.8) is 0 Å². The number of hydrogen-bond donors (Lipinski definition) is 3. The summed E-state index contributed by atoms with van der Waals surface area (Å²) in [5, 5.41) is 16.3. The highest BCUT2D eigenvalue weighted by Gasteiger charge is 2.18. The van der Waals surface area contributed by atoms with Crippen LogP contribution in [0.2, 0.25) is 0 Å². The van der Waals surface area contributed by atoms with Crippen LogP contribution in [-0.2, 0) is 11.3 Å². The minimum absolute atomic E-state index is 0.0387. The Morgan fingerprint density at radius 2 is 2.00 bits per heavy atom. The minimum Gasteiger partial charge on any atom is -0.504 e. The van der Waals surface area contributed by atoms with Crippen LogP contribution in [0.3, 0.4) is 0 Å². The zero-order valence-electron chi connectivity index (χ0n) is 17.3. The molecule has 1 heterocycles. The number of aromatic hydroxyl groups is 1. The van der Waals surface area contributed by atoms with Crippen LogP contribution in [0.1, 0.15) is 38.2 Å². The summed E-state index contributed by atoms with van der Waals surface area (Å²) < 4.78 is 5.08. The fourth-order valence-corrected chi connectivity index (χ4v) is 3.69. The van der Waals surface area contributed by atoms with Gasteiger partial charge in [0.15, 0.2) is 11.5 Å². The highest BCUT2D eigenvalue weighted by atomic mass is 16.5. The Balaban J connectivity index is 1.62. The smallest absolute Gasteiger partial charge is 0.241 e. The molecule has 1 unspecified atom stereocenters. The fourth-order valence-electron chi connectivity index (χ4n) is 3.69. The van der Waals surface area contributed by atoms with Gasteiger partial charge in [-0.1, -0.05) is 25.5 Å². The third-order valence-electron chi connectivity index (χ3n) is 5.27. The molecule has 1 amide bonds. The molecule has 3 N–H and O–H groups in total. The molecule has 0 saturated carbocycles. The van der Waals surface area contributed by atoms with Gasteiger partial charge in [0.05, 0.1) is 13.2 Å². The van der Waals surface area contributed by atoms with E-state index in [-0.39, 0.29) is 17.7 Å². The number of methoxy groups -OCH3 is 1. The molecule has 0 aliphatic carbocycles. The van der Waals surface area contributed by atoms with Gasteiger partial charge >= 0.3 is 0 Å². The first-order valence-corrected chi connectivity index (χ1v) is 10.4. The van der Waals surface area contributed by atoms with Crippen LogP contribution < -0.4 is 20.3 Å². The lowest BCUT2D eigenvalue weighted by atomic mass is 10.1. The molecule has 0 spiro atoms. The predicted molar refractivity (Wildman–Crippen MR) is 117 cm³/mol. The number of phenols is 1. The van der Waals surface area contributed by atoms with Crippen molar-refractivity contribution in [2.24, 2.45) is 0 Å². The van der Waals surface area contributed by atoms with Gasteiger partial charge in [0, 0.05) is 31.0 Å². The third kappa shape index (κ3) is 5.64. The van der Waals surface area contributed by atoms with Gasteiger partial charge in [-0.05, 0) is 55.2 Å². The molecular weight excluding hydrogens is 366 g/mol. The number of rotatable bonds is 9. The second kappa shape index (κ2) is 10.2. The summed E-state index contributed by atoms with van der Waals surface area (Å²) in [5.41, 5.74) is 2.88. The first kappa shape index (κ1) is 21.0. The van der Waals surface area contributed by atoms with Crippen molar-refractivity contribution in [2.45, 2.75) is 45.2 Å². The molecule has 1 saturated heterocycles. The van der Waals surface area contributed by atoms with Crippen LogP contribution in [0.25, 0.3) is 0 Å². The zero-order valence-corrected chi connectivity index (χ0v) is 17.3. The van der Waals surface area contributed by atoms with Gasteiger partial charge in [0.2, 0.25) is 5.91 Å². The molecule has 1 aliphatic heterocycles. The number of amides is 1. The van der Waals surface area contributed by atoms with Crippen LogP contribution in [0.4, 0.5) is 11.4 Å². The number of benzene rings is 2. The number of carbonyl (C=O) groups excluding carboxylic acids is 1. The number of carbonyl (C=O) groups is 1. The molecule has 6 nitrogen and oxygen atoms in total. The summed E-state index contributed by atoms with van der Waals surface area (Å²) in [6.07, 6.45) is 4.08. The highest BCUT2D eigenvalue weighted by molar-refractivity contribution is 5.95. The number of phenolic OH excluding ortho intramolecular Hbond substituents is 1. The van der Waals surface area contributed by atoms with Crippen LogP contribution in [0, 0.1) is 0 Å². The van der Waals surface area contributed by atoms with Gasteiger partial charge in [-0.25, -0.2) is 0 Å². The van der Waals surface area contributed by atoms with Crippen molar-refractivity contribution >= 4 is 17.3 Å². The first-order valence-electron chi connectivity index (χ1n) is 10.4. The summed E-state index contributed by atoms with van der Waals surface area (Å²) in [4.78, 5) is 15.2. The second-order valence-corrected chi connectivity index (χ2v) is 7.46. The summed E-state index contributed by atoms with van der Waals surface area (Å²) in [6, 6.07) is 13.0. The van der Waals surface area contributed by atoms with Crippen molar-refractivity contribution < 1.29 is 14.6 Å². The van der Waals surface area contributed by atoms with Crippen molar-refractivity contribution in [3.05, 3.63) is 48.0 Å². The minimum atomic E-state index is -0.306. The maximum atomic E-state index is 12.9. The van der Waals surface area contributed by atoms with E-state index >= 15 is 0 Å². The molecule has 2 aromatic rings. The Morgan fingerprint density at radius 1 is 1.21 bits per heavy atom. The molecule has 1 aliphatic rings. The van der Waals surface area contributed by atoms with Crippen LogP contribution >= 0.6 is 0 Å². The average molecular weight is 398 g/mol. The van der Waals surface area contributed by atoms with Crippen molar-refractivity contribution in [3.8, 4) is 11.5 Å². The fraction of sp³-hybridized carbons (Fsp3) is 0.435. The number of nitrogens with one attached hydrogen (secondary N) is 2. The molecular formula is C23H31N3O3. The molecule has 3 rings (SSSR count). The quantitative estimate of drug-likeness (QED) is 0.598. The maximum Gasteiger partial charge on any atom is 0.241 e. The molecule has 2 aromatic carbocycles. The summed E-state index contributed by atoms with van der Waals surface area (Å²) in [5.74, 6) is 0.500. The van der Waals surface area contributed by atoms with E-state index in [4.69, 9.17) is 4.74 Å². The summed E-state index contributed by atoms with van der Waals surface area (Å²) >= 11 is 0. The van der Waals surface area contributed by atoms with E-state index in [1.165, 1.54) is 20.0 Å². The Kier molecular flexibility index (Phi) is 7.36. The summed E-state index contributed by atoms with van der Waals surface area (Å²) in [7, 11) is 1.52. The SMILES string of the molecule is CCCC(NCc1ccc(OC)c(O)c1)C(=O)Nc1cccc(N2CCCC2)c1. The normalized spacial score (nSPS) is 14.6. The van der Waals surface area contributed by atoms with Crippen LogP contribution in [0.5, 0.6) is 11.5 Å². The average Bonchev–Trinajstić information content (AvgIpc) is 3.26. The molecule has 0 aromatic heterocycles. The van der Waals surface area contributed by atoms with E-state index in [0.29, 0.717) is 12.3 Å². The van der Waals surface area contributed by atoms with Crippen molar-refractivity contribution in [1.29, 1.82) is 0 Å². The van der Waals surface area contributed by atoms with Crippen LogP contribution in [-0.4, -0.2) is 37.3 Å². The number of anilines is 2. The van der Waals surface area contributed by atoms with Gasteiger partial charge in [0.25, 0.3) is 0 Å². The van der Waals surface area contributed by atoms with Gasteiger partial charge in [0.1, 0.15) is 0 Å². The molecule has 0 radical (unpaired) electrons. The van der Waals surface area contributed by atoms with Gasteiger partial charge < -0.3 is 25.4 Å². The van der Waals surface area contributed by atoms with Gasteiger partial charge in [-0.3, -0.25) is 4.79 Å². The Hall–Kier alpha value is -2.73. The van der Waals surface area contributed by atoms with E-state index in [1.807, 2.05) is 24.3 Å². The summed E-state index contributed by atoms with van der Waals surface area (Å²) in [6.45, 7) is 4.71. The molecule has 156 valence electrons. The maximum absolute atomic E-state index is 12.9. The third-order valence-corrected chi connectivity index (χ3v) is 5.27. The van der Waals surface area contributed by atoms with E-state index in [0.717, 1.165) is 42.9 Å². The molecule has 1 atom stereocenters. The Labute approximate surface area is 172 Å². The molecule has 6 heteroatoms. The number of ether oxygens (including phenoxy) is 1. The Morgan fingerprint density at radius 3 is 2.69 bits per heavy atom.